The topological polar surface area (TPSA) is 23.5 Å². The molecule has 3 rings (SSSR count). The van der Waals surface area contributed by atoms with Gasteiger partial charge < -0.3 is 10.0 Å². The largest absolute Gasteiger partial charge is 0.389 e. The second kappa shape index (κ2) is 8.75. The van der Waals surface area contributed by atoms with Crippen molar-refractivity contribution in [1.29, 1.82) is 0 Å². The van der Waals surface area contributed by atoms with Gasteiger partial charge in [0.05, 0.1) is 5.60 Å². The Bertz CT molecular complexity index is 786. The number of hydrogen-bond acceptors (Lipinski definition) is 2. The first-order valence-corrected chi connectivity index (χ1v) is 10.4. The zero-order valence-electron chi connectivity index (χ0n) is 17.7. The second-order valence-corrected chi connectivity index (χ2v) is 9.14. The Morgan fingerprint density at radius 1 is 1.11 bits per heavy atom. The van der Waals surface area contributed by atoms with Crippen LogP contribution >= 0.6 is 0 Å². The summed E-state index contributed by atoms with van der Waals surface area (Å²) in [5.74, 6) is 0.594. The van der Waals surface area contributed by atoms with Crippen LogP contribution in [0.3, 0.4) is 0 Å². The molecule has 0 saturated heterocycles. The summed E-state index contributed by atoms with van der Waals surface area (Å²) in [6.07, 6.45) is 4.54. The van der Waals surface area contributed by atoms with E-state index < -0.39 is 5.60 Å². The standard InChI is InChI=1S/C25H34FNO/c1-18-5-6-19(2)22(13-18)16-25(28)12-11-21(15-23(25)17-27(3)4)14-20-7-9-24(26)10-8-20/h5-10,13,21,23,28H,11-12,14-17H2,1-4H3. The minimum atomic E-state index is -0.665. The van der Waals surface area contributed by atoms with Crippen molar-refractivity contribution in [3.05, 3.63) is 70.5 Å². The minimum absolute atomic E-state index is 0.180. The maximum absolute atomic E-state index is 13.2. The van der Waals surface area contributed by atoms with Crippen LogP contribution in [0.2, 0.25) is 0 Å². The molecular formula is C25H34FNO. The van der Waals surface area contributed by atoms with Gasteiger partial charge in [-0.15, -0.1) is 0 Å². The summed E-state index contributed by atoms with van der Waals surface area (Å²) in [6.45, 7) is 5.14. The number of rotatable bonds is 6. The fraction of sp³-hybridized carbons (Fsp3) is 0.520. The average Bonchev–Trinajstić information content (AvgIpc) is 2.63. The molecule has 152 valence electrons. The maximum Gasteiger partial charge on any atom is 0.123 e. The number of aliphatic hydroxyl groups is 1. The SMILES string of the molecule is Cc1ccc(C)c(CC2(O)CCC(Cc3ccc(F)cc3)CC2CN(C)C)c1. The maximum atomic E-state index is 13.2. The fourth-order valence-electron chi connectivity index (χ4n) is 4.78. The average molecular weight is 384 g/mol. The summed E-state index contributed by atoms with van der Waals surface area (Å²) in [4.78, 5) is 2.19. The van der Waals surface area contributed by atoms with Crippen LogP contribution in [0.5, 0.6) is 0 Å². The lowest BCUT2D eigenvalue weighted by Gasteiger charge is -2.45. The second-order valence-electron chi connectivity index (χ2n) is 9.14. The third kappa shape index (κ3) is 5.21. The molecular weight excluding hydrogens is 349 g/mol. The number of hydrogen-bond donors (Lipinski definition) is 1. The van der Waals surface area contributed by atoms with Crippen LogP contribution in [0.15, 0.2) is 42.5 Å². The molecule has 0 bridgehead atoms. The Hall–Kier alpha value is -1.71. The molecule has 0 aliphatic heterocycles. The van der Waals surface area contributed by atoms with Crippen LogP contribution in [0.25, 0.3) is 0 Å². The molecule has 1 aliphatic carbocycles. The smallest absolute Gasteiger partial charge is 0.123 e. The number of aryl methyl sites for hydroxylation is 2. The van der Waals surface area contributed by atoms with E-state index in [1.54, 1.807) is 12.1 Å². The Morgan fingerprint density at radius 3 is 2.50 bits per heavy atom. The zero-order chi connectivity index (χ0) is 20.3. The van der Waals surface area contributed by atoms with E-state index in [-0.39, 0.29) is 11.7 Å². The van der Waals surface area contributed by atoms with Gasteiger partial charge in [-0.25, -0.2) is 4.39 Å². The molecule has 2 aromatic rings. The molecule has 2 nitrogen and oxygen atoms in total. The van der Waals surface area contributed by atoms with Gasteiger partial charge in [0.2, 0.25) is 0 Å². The molecule has 3 unspecified atom stereocenters. The van der Waals surface area contributed by atoms with Crippen LogP contribution < -0.4 is 0 Å². The van der Waals surface area contributed by atoms with E-state index in [4.69, 9.17) is 0 Å². The predicted octanol–water partition coefficient (Wildman–Crippen LogP) is 4.94. The van der Waals surface area contributed by atoms with Crippen molar-refractivity contribution in [3.8, 4) is 0 Å². The summed E-state index contributed by atoms with van der Waals surface area (Å²) < 4.78 is 13.2. The number of benzene rings is 2. The fourth-order valence-corrected chi connectivity index (χ4v) is 4.78. The molecule has 28 heavy (non-hydrogen) atoms. The van der Waals surface area contributed by atoms with Gasteiger partial charge in [0, 0.05) is 18.9 Å². The number of nitrogens with zero attached hydrogens (tertiary/aromatic N) is 1. The van der Waals surface area contributed by atoms with Crippen LogP contribution in [0.1, 0.15) is 41.5 Å². The molecule has 0 amide bonds. The molecule has 1 fully saturated rings. The molecule has 2 aromatic carbocycles. The summed E-state index contributed by atoms with van der Waals surface area (Å²) >= 11 is 0. The van der Waals surface area contributed by atoms with Crippen molar-refractivity contribution in [2.24, 2.45) is 11.8 Å². The van der Waals surface area contributed by atoms with Crippen molar-refractivity contribution in [2.75, 3.05) is 20.6 Å². The summed E-state index contributed by atoms with van der Waals surface area (Å²) in [6, 6.07) is 13.4. The lowest BCUT2D eigenvalue weighted by molar-refractivity contribution is -0.0686. The molecule has 1 N–H and O–H groups in total. The van der Waals surface area contributed by atoms with Crippen LogP contribution in [0.4, 0.5) is 4.39 Å². The molecule has 3 heteroatoms. The van der Waals surface area contributed by atoms with Crippen LogP contribution in [-0.2, 0) is 12.8 Å². The highest BCUT2D eigenvalue weighted by atomic mass is 19.1. The van der Waals surface area contributed by atoms with Gasteiger partial charge in [0.1, 0.15) is 5.82 Å². The highest BCUT2D eigenvalue weighted by Gasteiger charge is 2.42. The lowest BCUT2D eigenvalue weighted by atomic mass is 9.67. The van der Waals surface area contributed by atoms with E-state index in [1.165, 1.54) is 22.3 Å². The van der Waals surface area contributed by atoms with E-state index in [9.17, 15) is 9.50 Å². The Labute approximate surface area is 169 Å². The van der Waals surface area contributed by atoms with Gasteiger partial charge in [-0.2, -0.15) is 0 Å². The van der Waals surface area contributed by atoms with E-state index in [0.717, 1.165) is 38.6 Å². The molecule has 0 heterocycles. The van der Waals surface area contributed by atoms with Gasteiger partial charge in [-0.1, -0.05) is 35.9 Å². The molecule has 1 saturated carbocycles. The van der Waals surface area contributed by atoms with E-state index in [1.807, 2.05) is 12.1 Å². The summed E-state index contributed by atoms with van der Waals surface area (Å²) in [5.41, 5.74) is 4.30. The third-order valence-corrected chi connectivity index (χ3v) is 6.39. The summed E-state index contributed by atoms with van der Waals surface area (Å²) in [5, 5.41) is 11.7. The van der Waals surface area contributed by atoms with Gasteiger partial charge in [0.15, 0.2) is 0 Å². The summed E-state index contributed by atoms with van der Waals surface area (Å²) in [7, 11) is 4.17. The van der Waals surface area contributed by atoms with Gasteiger partial charge in [0.25, 0.3) is 0 Å². The Balaban J connectivity index is 1.76. The highest BCUT2D eigenvalue weighted by molar-refractivity contribution is 5.32. The molecule has 1 aliphatic rings. The van der Waals surface area contributed by atoms with Gasteiger partial charge >= 0.3 is 0 Å². The molecule has 3 atom stereocenters. The first kappa shape index (κ1) is 21.0. The number of halogens is 1. The third-order valence-electron chi connectivity index (χ3n) is 6.39. The van der Waals surface area contributed by atoms with E-state index >= 15 is 0 Å². The normalized spacial score (nSPS) is 25.2. The van der Waals surface area contributed by atoms with Crippen LogP contribution in [-0.4, -0.2) is 36.2 Å². The molecule has 0 spiro atoms. The monoisotopic (exact) mass is 383 g/mol. The van der Waals surface area contributed by atoms with Crippen LogP contribution in [0, 0.1) is 31.5 Å². The van der Waals surface area contributed by atoms with Crippen molar-refractivity contribution in [3.63, 3.8) is 0 Å². The Morgan fingerprint density at radius 2 is 1.82 bits per heavy atom. The van der Waals surface area contributed by atoms with Crippen molar-refractivity contribution < 1.29 is 9.50 Å². The predicted molar refractivity (Wildman–Crippen MR) is 114 cm³/mol. The van der Waals surface area contributed by atoms with Crippen molar-refractivity contribution >= 4 is 0 Å². The van der Waals surface area contributed by atoms with Gasteiger partial charge in [-0.05, 0) is 88.4 Å². The zero-order valence-corrected chi connectivity index (χ0v) is 17.7. The molecule has 0 radical (unpaired) electrons. The Kier molecular flexibility index (Phi) is 6.57. The van der Waals surface area contributed by atoms with E-state index in [0.29, 0.717) is 5.92 Å². The molecule has 0 aromatic heterocycles. The van der Waals surface area contributed by atoms with Crippen molar-refractivity contribution in [1.82, 2.24) is 4.90 Å². The minimum Gasteiger partial charge on any atom is -0.389 e. The first-order valence-electron chi connectivity index (χ1n) is 10.4. The quantitative estimate of drug-likeness (QED) is 0.764. The van der Waals surface area contributed by atoms with E-state index in [2.05, 4.69) is 51.0 Å². The lowest BCUT2D eigenvalue weighted by Crippen LogP contribution is -2.49. The van der Waals surface area contributed by atoms with Crippen molar-refractivity contribution in [2.45, 2.75) is 51.6 Å². The first-order chi connectivity index (χ1) is 13.2. The highest BCUT2D eigenvalue weighted by Crippen LogP contribution is 2.41. The van der Waals surface area contributed by atoms with Gasteiger partial charge in [-0.3, -0.25) is 0 Å².